The fourth-order valence-corrected chi connectivity index (χ4v) is 4.13. The number of nitrogens with zero attached hydrogens (tertiary/aromatic N) is 4. The molecule has 0 spiro atoms. The summed E-state index contributed by atoms with van der Waals surface area (Å²) in [6.45, 7) is 2.29. The van der Waals surface area contributed by atoms with E-state index in [1.54, 1.807) is 24.4 Å². The number of anilines is 1. The Balaban J connectivity index is 1.50. The van der Waals surface area contributed by atoms with E-state index in [-0.39, 0.29) is 6.61 Å². The average Bonchev–Trinajstić information content (AvgIpc) is 3.25. The maximum atomic E-state index is 8.68. The number of nitrogens with one attached hydrogen (secondary N) is 1. The minimum absolute atomic E-state index is 0.185. The largest absolute Gasteiger partial charge is 0.489 e. The zero-order valence-electron chi connectivity index (χ0n) is 17.2. The minimum Gasteiger partial charge on any atom is -0.489 e. The number of hydrogen-bond acceptors (Lipinski definition) is 6. The molecule has 9 heteroatoms. The third-order valence-corrected chi connectivity index (χ3v) is 6.23. The Labute approximate surface area is 191 Å². The zero-order valence-corrected chi connectivity index (χ0v) is 18.7. The highest BCUT2D eigenvalue weighted by Crippen LogP contribution is 2.28. The van der Waals surface area contributed by atoms with Crippen molar-refractivity contribution < 1.29 is 4.74 Å². The van der Waals surface area contributed by atoms with Crippen molar-refractivity contribution in [2.24, 2.45) is 0 Å². The fourth-order valence-electron chi connectivity index (χ4n) is 3.65. The van der Waals surface area contributed by atoms with Gasteiger partial charge >= 0.3 is 0 Å². The molecule has 31 heavy (non-hydrogen) atoms. The van der Waals surface area contributed by atoms with Crippen molar-refractivity contribution >= 4 is 34.6 Å². The quantitative estimate of drug-likeness (QED) is 0.420. The number of likely N-dealkylation sites (tertiary alicyclic amines) is 1. The van der Waals surface area contributed by atoms with Gasteiger partial charge in [-0.05, 0) is 51.2 Å². The van der Waals surface area contributed by atoms with Gasteiger partial charge < -0.3 is 15.4 Å². The molecule has 4 rings (SSSR count). The highest BCUT2D eigenvalue weighted by Gasteiger charge is 2.20. The highest BCUT2D eigenvalue weighted by molar-refractivity contribution is 6.35. The monoisotopic (exact) mass is 458 g/mol. The van der Waals surface area contributed by atoms with Crippen LogP contribution in [0.25, 0.3) is 0 Å². The van der Waals surface area contributed by atoms with Crippen LogP contribution in [0, 0.1) is 5.41 Å². The van der Waals surface area contributed by atoms with Crippen LogP contribution in [0.3, 0.4) is 0 Å². The molecule has 1 fully saturated rings. The number of piperidine rings is 1. The molecule has 1 saturated heterocycles. The summed E-state index contributed by atoms with van der Waals surface area (Å²) in [5.41, 5.74) is 8.95. The predicted octanol–water partition coefficient (Wildman–Crippen LogP) is 4.43. The standard InChI is InChI=1S/C22H24Cl2N6O/c1-29-6-4-15(5-7-29)30-12-14(9-28-30)22(26)17-8-16(2-3-21(17)25)31-13-18-19(23)10-27-11-20(18)24/h2-3,8-12,15,26H,4-7,13,25H2,1H3. The smallest absolute Gasteiger partial charge is 0.120 e. The summed E-state index contributed by atoms with van der Waals surface area (Å²) < 4.78 is 7.84. The summed E-state index contributed by atoms with van der Waals surface area (Å²) >= 11 is 12.3. The molecule has 3 N–H and O–H groups in total. The van der Waals surface area contributed by atoms with Gasteiger partial charge in [0.15, 0.2) is 0 Å². The first-order valence-corrected chi connectivity index (χ1v) is 10.8. The van der Waals surface area contributed by atoms with Crippen LogP contribution >= 0.6 is 23.2 Å². The van der Waals surface area contributed by atoms with Crippen molar-refractivity contribution in [1.29, 1.82) is 5.41 Å². The van der Waals surface area contributed by atoms with E-state index < -0.39 is 0 Å². The van der Waals surface area contributed by atoms with Crippen LogP contribution < -0.4 is 10.5 Å². The van der Waals surface area contributed by atoms with Gasteiger partial charge in [-0.25, -0.2) is 0 Å². The van der Waals surface area contributed by atoms with E-state index in [1.807, 2.05) is 10.9 Å². The van der Waals surface area contributed by atoms with Gasteiger partial charge in [0.2, 0.25) is 0 Å². The van der Waals surface area contributed by atoms with Crippen LogP contribution in [0.5, 0.6) is 5.75 Å². The fraction of sp³-hybridized carbons (Fsp3) is 0.318. The molecule has 0 bridgehead atoms. The molecule has 7 nitrogen and oxygen atoms in total. The third-order valence-electron chi connectivity index (χ3n) is 5.58. The molecule has 1 aliphatic heterocycles. The Morgan fingerprint density at radius 1 is 1.19 bits per heavy atom. The van der Waals surface area contributed by atoms with Gasteiger partial charge in [-0.1, -0.05) is 23.2 Å². The summed E-state index contributed by atoms with van der Waals surface area (Å²) in [5, 5.41) is 14.1. The lowest BCUT2D eigenvalue weighted by atomic mass is 10.0. The third kappa shape index (κ3) is 4.84. The summed E-state index contributed by atoms with van der Waals surface area (Å²) in [6, 6.07) is 5.61. The molecular weight excluding hydrogens is 435 g/mol. The van der Waals surface area contributed by atoms with Gasteiger partial charge in [0, 0.05) is 41.0 Å². The number of ether oxygens (including phenoxy) is 1. The van der Waals surface area contributed by atoms with E-state index in [9.17, 15) is 0 Å². The van der Waals surface area contributed by atoms with Crippen LogP contribution in [-0.2, 0) is 6.61 Å². The SMILES string of the molecule is CN1CCC(n2cc(C(=N)c3cc(OCc4c(Cl)cncc4Cl)ccc3N)cn2)CC1. The zero-order chi connectivity index (χ0) is 22.0. The van der Waals surface area contributed by atoms with E-state index in [0.717, 1.165) is 31.5 Å². The second-order valence-corrected chi connectivity index (χ2v) is 8.55. The van der Waals surface area contributed by atoms with Gasteiger partial charge in [0.25, 0.3) is 0 Å². The average molecular weight is 459 g/mol. The second-order valence-electron chi connectivity index (χ2n) is 7.74. The molecular formula is C22H24Cl2N6O. The van der Waals surface area contributed by atoms with Crippen molar-refractivity contribution in [3.8, 4) is 5.75 Å². The first kappa shape index (κ1) is 21.6. The van der Waals surface area contributed by atoms with Crippen LogP contribution in [0.15, 0.2) is 43.0 Å². The normalized spacial score (nSPS) is 15.2. The molecule has 0 saturated carbocycles. The van der Waals surface area contributed by atoms with E-state index in [2.05, 4.69) is 22.0 Å². The molecule has 0 aliphatic carbocycles. The molecule has 0 atom stereocenters. The highest BCUT2D eigenvalue weighted by atomic mass is 35.5. The second kappa shape index (κ2) is 9.26. The molecule has 3 heterocycles. The van der Waals surface area contributed by atoms with Crippen molar-refractivity contribution in [1.82, 2.24) is 19.7 Å². The number of aromatic nitrogens is 3. The molecule has 1 aliphatic rings. The maximum Gasteiger partial charge on any atom is 0.120 e. The van der Waals surface area contributed by atoms with E-state index in [4.69, 9.17) is 39.1 Å². The Morgan fingerprint density at radius 3 is 2.61 bits per heavy atom. The molecule has 162 valence electrons. The summed E-state index contributed by atoms with van der Waals surface area (Å²) in [5.74, 6) is 0.570. The number of nitrogens with two attached hydrogens (primary N) is 1. The van der Waals surface area contributed by atoms with Crippen molar-refractivity contribution in [3.63, 3.8) is 0 Å². The minimum atomic E-state index is 0.185. The Hall–Kier alpha value is -2.61. The van der Waals surface area contributed by atoms with Gasteiger partial charge in [-0.3, -0.25) is 15.1 Å². The summed E-state index contributed by atoms with van der Waals surface area (Å²) in [4.78, 5) is 6.27. The lowest BCUT2D eigenvalue weighted by Crippen LogP contribution is -2.31. The van der Waals surface area contributed by atoms with Gasteiger partial charge in [-0.15, -0.1) is 0 Å². The number of pyridine rings is 1. The van der Waals surface area contributed by atoms with Gasteiger partial charge in [0.1, 0.15) is 12.4 Å². The van der Waals surface area contributed by atoms with Gasteiger partial charge in [-0.2, -0.15) is 5.10 Å². The van der Waals surface area contributed by atoms with E-state index in [0.29, 0.717) is 44.4 Å². The van der Waals surface area contributed by atoms with Crippen LogP contribution in [0.2, 0.25) is 10.0 Å². The number of nitrogen functional groups attached to an aromatic ring is 1. The Bertz CT molecular complexity index is 1070. The summed E-state index contributed by atoms with van der Waals surface area (Å²) in [7, 11) is 2.13. The number of benzene rings is 1. The first-order chi connectivity index (χ1) is 14.9. The topological polar surface area (TPSA) is 93.0 Å². The lowest BCUT2D eigenvalue weighted by molar-refractivity contribution is 0.212. The van der Waals surface area contributed by atoms with Crippen LogP contribution in [-0.4, -0.2) is 45.5 Å². The van der Waals surface area contributed by atoms with Crippen LogP contribution in [0.1, 0.15) is 35.6 Å². The molecule has 0 unspecified atom stereocenters. The number of rotatable bonds is 6. The predicted molar refractivity (Wildman–Crippen MR) is 123 cm³/mol. The molecule has 1 aromatic carbocycles. The Morgan fingerprint density at radius 2 is 1.90 bits per heavy atom. The molecule has 3 aromatic rings. The number of halogens is 2. The first-order valence-electron chi connectivity index (χ1n) is 10.0. The van der Waals surface area contributed by atoms with E-state index >= 15 is 0 Å². The van der Waals surface area contributed by atoms with Crippen LogP contribution in [0.4, 0.5) is 5.69 Å². The van der Waals surface area contributed by atoms with E-state index in [1.165, 1.54) is 12.4 Å². The molecule has 0 amide bonds. The van der Waals surface area contributed by atoms with Crippen molar-refractivity contribution in [2.45, 2.75) is 25.5 Å². The Kier molecular flexibility index (Phi) is 6.46. The van der Waals surface area contributed by atoms with Crippen molar-refractivity contribution in [3.05, 3.63) is 69.7 Å². The maximum absolute atomic E-state index is 8.68. The lowest BCUT2D eigenvalue weighted by Gasteiger charge is -2.28. The number of hydrogen-bond donors (Lipinski definition) is 2. The summed E-state index contributed by atoms with van der Waals surface area (Å²) in [6.07, 6.45) is 8.81. The molecule has 2 aromatic heterocycles. The van der Waals surface area contributed by atoms with Crippen molar-refractivity contribution in [2.75, 3.05) is 25.9 Å². The van der Waals surface area contributed by atoms with Gasteiger partial charge in [0.05, 0.1) is 28.0 Å². The molecule has 0 radical (unpaired) electrons.